The van der Waals surface area contributed by atoms with Gasteiger partial charge >= 0.3 is 6.03 Å². The lowest BCUT2D eigenvalue weighted by Gasteiger charge is -2.36. The lowest BCUT2D eigenvalue weighted by Crippen LogP contribution is -2.42. The highest BCUT2D eigenvalue weighted by atomic mass is 19.1. The first-order valence-corrected chi connectivity index (χ1v) is 11.2. The third kappa shape index (κ3) is 4.28. The van der Waals surface area contributed by atoms with E-state index in [4.69, 9.17) is 0 Å². The number of benzene rings is 2. The number of nitrogens with zero attached hydrogens (tertiary/aromatic N) is 2. The Labute approximate surface area is 195 Å². The zero-order valence-electron chi connectivity index (χ0n) is 18.3. The molecule has 5 rings (SSSR count). The van der Waals surface area contributed by atoms with Gasteiger partial charge in [0.05, 0.1) is 11.7 Å². The highest BCUT2D eigenvalue weighted by molar-refractivity contribution is 6.04. The summed E-state index contributed by atoms with van der Waals surface area (Å²) < 4.78 is 28.4. The Morgan fingerprint density at radius 1 is 1.06 bits per heavy atom. The van der Waals surface area contributed by atoms with Crippen molar-refractivity contribution in [3.8, 4) is 0 Å². The highest BCUT2D eigenvalue weighted by Gasteiger charge is 2.35. The predicted molar refractivity (Wildman–Crippen MR) is 125 cm³/mol. The van der Waals surface area contributed by atoms with Crippen LogP contribution in [0.25, 0.3) is 0 Å². The number of rotatable bonds is 4. The molecule has 3 heterocycles. The normalized spacial score (nSPS) is 17.2. The maximum Gasteiger partial charge on any atom is 0.323 e. The van der Waals surface area contributed by atoms with Gasteiger partial charge in [-0.15, -0.1) is 0 Å². The van der Waals surface area contributed by atoms with Crippen molar-refractivity contribution in [3.63, 3.8) is 0 Å². The van der Waals surface area contributed by atoms with E-state index in [1.165, 1.54) is 30.3 Å². The van der Waals surface area contributed by atoms with Crippen LogP contribution in [0, 0.1) is 11.6 Å². The molecule has 0 spiro atoms. The fourth-order valence-electron chi connectivity index (χ4n) is 4.52. The third-order valence-corrected chi connectivity index (χ3v) is 6.15. The summed E-state index contributed by atoms with van der Waals surface area (Å²) in [4.78, 5) is 31.0. The molecule has 174 valence electrons. The standard InChI is InChI=1S/C25H23F2N5O2/c26-16-6-4-5-15(13-16)24(33)29-17-8-9-19(18(27)14-17)30-20-10-11-28-23-22(20)21-7-2-1-3-12-32(21)25(34)31-23/h4-6,8-11,13-14,21H,1-3,7,12H2,(H,29,33)(H2,28,30,31,34). The number of nitrogens with one attached hydrogen (secondary N) is 3. The zero-order chi connectivity index (χ0) is 23.7. The number of anilines is 4. The van der Waals surface area contributed by atoms with Crippen molar-refractivity contribution in [2.45, 2.75) is 31.7 Å². The Morgan fingerprint density at radius 3 is 2.76 bits per heavy atom. The van der Waals surface area contributed by atoms with Crippen LogP contribution in [0.1, 0.15) is 47.6 Å². The van der Waals surface area contributed by atoms with Gasteiger partial charge in [0.15, 0.2) is 0 Å². The van der Waals surface area contributed by atoms with Gasteiger partial charge in [-0.2, -0.15) is 0 Å². The minimum absolute atomic E-state index is 0.129. The molecule has 2 aliphatic rings. The summed E-state index contributed by atoms with van der Waals surface area (Å²) in [6, 6.07) is 11.0. The molecule has 3 N–H and O–H groups in total. The molecule has 1 fully saturated rings. The van der Waals surface area contributed by atoms with E-state index in [0.29, 0.717) is 18.1 Å². The Kier molecular flexibility index (Phi) is 5.83. The lowest BCUT2D eigenvalue weighted by atomic mass is 9.98. The molecule has 1 unspecified atom stereocenters. The molecule has 3 amide bonds. The predicted octanol–water partition coefficient (Wildman–Crippen LogP) is 5.82. The number of amides is 3. The molecular weight excluding hydrogens is 440 g/mol. The van der Waals surface area contributed by atoms with E-state index in [0.717, 1.165) is 37.3 Å². The van der Waals surface area contributed by atoms with Gasteiger partial charge < -0.3 is 15.5 Å². The van der Waals surface area contributed by atoms with Crippen LogP contribution >= 0.6 is 0 Å². The number of halogens is 2. The first kappa shape index (κ1) is 21.8. The van der Waals surface area contributed by atoms with E-state index in [9.17, 15) is 18.4 Å². The number of carbonyl (C=O) groups is 2. The van der Waals surface area contributed by atoms with Gasteiger partial charge in [0.1, 0.15) is 17.5 Å². The van der Waals surface area contributed by atoms with Crippen LogP contribution < -0.4 is 16.0 Å². The number of pyridine rings is 1. The monoisotopic (exact) mass is 463 g/mol. The molecule has 3 aromatic rings. The van der Waals surface area contributed by atoms with Gasteiger partial charge in [-0.25, -0.2) is 18.6 Å². The third-order valence-electron chi connectivity index (χ3n) is 6.15. The van der Waals surface area contributed by atoms with Crippen molar-refractivity contribution in [2.75, 3.05) is 22.5 Å². The number of hydrogen-bond donors (Lipinski definition) is 3. The van der Waals surface area contributed by atoms with Gasteiger partial charge in [0, 0.05) is 35.2 Å². The number of aromatic nitrogens is 1. The number of hydrogen-bond acceptors (Lipinski definition) is 4. The molecule has 1 aromatic heterocycles. The lowest BCUT2D eigenvalue weighted by molar-refractivity contribution is 0.102. The second-order valence-corrected chi connectivity index (χ2v) is 8.39. The van der Waals surface area contributed by atoms with Gasteiger partial charge in [0.2, 0.25) is 0 Å². The maximum atomic E-state index is 15.0. The summed E-state index contributed by atoms with van der Waals surface area (Å²) in [5, 5.41) is 8.56. The molecule has 34 heavy (non-hydrogen) atoms. The molecule has 2 aliphatic heterocycles. The van der Waals surface area contributed by atoms with Crippen molar-refractivity contribution >= 4 is 34.8 Å². The molecule has 1 saturated heterocycles. The molecule has 0 aliphatic carbocycles. The van der Waals surface area contributed by atoms with Crippen LogP contribution in [-0.4, -0.2) is 28.4 Å². The summed E-state index contributed by atoms with van der Waals surface area (Å²) in [6.07, 6.45) is 5.37. The van der Waals surface area contributed by atoms with Crippen molar-refractivity contribution in [2.24, 2.45) is 0 Å². The smallest absolute Gasteiger partial charge is 0.323 e. The van der Waals surface area contributed by atoms with Crippen LogP contribution in [0.5, 0.6) is 0 Å². The first-order valence-electron chi connectivity index (χ1n) is 11.2. The topological polar surface area (TPSA) is 86.4 Å². The van der Waals surface area contributed by atoms with E-state index in [2.05, 4.69) is 20.9 Å². The average molecular weight is 463 g/mol. The SMILES string of the molecule is O=C(Nc1ccc(Nc2ccnc3c2C2CCCCCN2C(=O)N3)c(F)c1)c1cccc(F)c1. The van der Waals surface area contributed by atoms with Gasteiger partial charge in [0.25, 0.3) is 5.91 Å². The average Bonchev–Trinajstić information content (AvgIpc) is 3.08. The Balaban J connectivity index is 1.39. The molecule has 0 radical (unpaired) electrons. The summed E-state index contributed by atoms with van der Waals surface area (Å²) >= 11 is 0. The van der Waals surface area contributed by atoms with Gasteiger partial charge in [-0.05, 0) is 55.3 Å². The fraction of sp³-hybridized carbons (Fsp3) is 0.240. The van der Waals surface area contributed by atoms with E-state index in [1.54, 1.807) is 18.3 Å². The van der Waals surface area contributed by atoms with Crippen molar-refractivity contribution in [3.05, 3.63) is 77.5 Å². The van der Waals surface area contributed by atoms with Crippen molar-refractivity contribution in [1.29, 1.82) is 0 Å². The largest absolute Gasteiger partial charge is 0.353 e. The molecule has 2 aromatic carbocycles. The maximum absolute atomic E-state index is 15.0. The zero-order valence-corrected chi connectivity index (χ0v) is 18.3. The summed E-state index contributed by atoms with van der Waals surface area (Å²) in [5.41, 5.74) is 2.11. The van der Waals surface area contributed by atoms with E-state index in [-0.39, 0.29) is 29.0 Å². The minimum Gasteiger partial charge on any atom is -0.353 e. The molecule has 0 bridgehead atoms. The second-order valence-electron chi connectivity index (χ2n) is 8.39. The Morgan fingerprint density at radius 2 is 1.94 bits per heavy atom. The van der Waals surface area contributed by atoms with Crippen LogP contribution in [-0.2, 0) is 0 Å². The van der Waals surface area contributed by atoms with E-state index in [1.807, 2.05) is 4.90 Å². The van der Waals surface area contributed by atoms with E-state index >= 15 is 0 Å². The molecular formula is C25H23F2N5O2. The summed E-state index contributed by atoms with van der Waals surface area (Å²) in [5.74, 6) is -1.15. The molecule has 1 atom stereocenters. The van der Waals surface area contributed by atoms with Gasteiger partial charge in [-0.3, -0.25) is 10.1 Å². The van der Waals surface area contributed by atoms with Crippen LogP contribution in [0.3, 0.4) is 0 Å². The van der Waals surface area contributed by atoms with E-state index < -0.39 is 17.5 Å². The molecule has 9 heteroatoms. The Hall–Kier alpha value is -4.01. The van der Waals surface area contributed by atoms with Gasteiger partial charge in [-0.1, -0.05) is 18.9 Å². The molecule has 7 nitrogen and oxygen atoms in total. The minimum atomic E-state index is -0.569. The second kappa shape index (κ2) is 9.09. The van der Waals surface area contributed by atoms with Crippen LogP contribution in [0.2, 0.25) is 0 Å². The first-order chi connectivity index (χ1) is 16.5. The quantitative estimate of drug-likeness (QED) is 0.455. The summed E-state index contributed by atoms with van der Waals surface area (Å²) in [6.45, 7) is 0.665. The number of fused-ring (bicyclic) bond motifs is 3. The summed E-state index contributed by atoms with van der Waals surface area (Å²) in [7, 11) is 0. The Bertz CT molecular complexity index is 1270. The van der Waals surface area contributed by atoms with Crippen LogP contribution in [0.15, 0.2) is 54.7 Å². The van der Waals surface area contributed by atoms with Crippen molar-refractivity contribution in [1.82, 2.24) is 9.88 Å². The van der Waals surface area contributed by atoms with Crippen LogP contribution in [0.4, 0.5) is 36.5 Å². The fourth-order valence-corrected chi connectivity index (χ4v) is 4.52. The number of carbonyl (C=O) groups excluding carboxylic acids is 2. The molecule has 0 saturated carbocycles. The van der Waals surface area contributed by atoms with Crippen molar-refractivity contribution < 1.29 is 18.4 Å². The number of urea groups is 1. The highest BCUT2D eigenvalue weighted by Crippen LogP contribution is 2.42.